The molecule has 0 aliphatic carbocycles. The zero-order valence-electron chi connectivity index (χ0n) is 18.3. The van der Waals surface area contributed by atoms with E-state index in [2.05, 4.69) is 10.3 Å². The Bertz CT molecular complexity index is 1330. The summed E-state index contributed by atoms with van der Waals surface area (Å²) in [4.78, 5) is 15.6. The number of halogens is 4. The van der Waals surface area contributed by atoms with Gasteiger partial charge in [0.05, 0.1) is 5.52 Å². The number of hydrogen-bond donors (Lipinski definition) is 2. The van der Waals surface area contributed by atoms with E-state index in [4.69, 9.17) is 0 Å². The van der Waals surface area contributed by atoms with E-state index in [1.807, 2.05) is 6.07 Å². The summed E-state index contributed by atoms with van der Waals surface area (Å²) in [5, 5.41) is 4.29. The molecule has 3 aromatic carbocycles. The summed E-state index contributed by atoms with van der Waals surface area (Å²) in [6.45, 7) is 0.567. The summed E-state index contributed by atoms with van der Waals surface area (Å²) in [5.74, 6) is -1.02. The van der Waals surface area contributed by atoms with Crippen LogP contribution >= 0.6 is 12.4 Å². The van der Waals surface area contributed by atoms with E-state index in [0.717, 1.165) is 28.6 Å². The van der Waals surface area contributed by atoms with Gasteiger partial charge in [0.2, 0.25) is 0 Å². The summed E-state index contributed by atoms with van der Waals surface area (Å²) >= 11 is 0. The zero-order valence-corrected chi connectivity index (χ0v) is 19.2. The fourth-order valence-electron chi connectivity index (χ4n) is 4.71. The number of nitrogens with one attached hydrogen (secondary N) is 2. The van der Waals surface area contributed by atoms with Gasteiger partial charge in [0.25, 0.3) is 0 Å². The molecule has 1 aliphatic rings. The Morgan fingerprint density at radius 3 is 2.53 bits per heavy atom. The van der Waals surface area contributed by atoms with E-state index >= 15 is 0 Å². The highest BCUT2D eigenvalue weighted by atomic mass is 35.5. The summed E-state index contributed by atoms with van der Waals surface area (Å²) < 4.78 is 41.5. The lowest BCUT2D eigenvalue weighted by Crippen LogP contribution is -2.35. The molecule has 1 aliphatic heterocycles. The summed E-state index contributed by atoms with van der Waals surface area (Å²) in [7, 11) is 0. The van der Waals surface area contributed by atoms with Crippen LogP contribution in [0.1, 0.15) is 40.9 Å². The molecule has 5 rings (SSSR count). The first kappa shape index (κ1) is 24.0. The van der Waals surface area contributed by atoms with Crippen LogP contribution in [-0.2, 0) is 13.0 Å². The molecule has 34 heavy (non-hydrogen) atoms. The first-order valence-electron chi connectivity index (χ1n) is 11.1. The van der Waals surface area contributed by atoms with Crippen LogP contribution in [0.5, 0.6) is 0 Å². The highest BCUT2D eigenvalue weighted by Crippen LogP contribution is 2.36. The van der Waals surface area contributed by atoms with Gasteiger partial charge < -0.3 is 10.3 Å². The first-order chi connectivity index (χ1) is 16.0. The lowest BCUT2D eigenvalue weighted by Gasteiger charge is -2.24. The van der Waals surface area contributed by atoms with Gasteiger partial charge in [-0.15, -0.1) is 12.4 Å². The Kier molecular flexibility index (Phi) is 7.10. The molecule has 0 radical (unpaired) electrons. The van der Waals surface area contributed by atoms with Crippen LogP contribution in [0.3, 0.4) is 0 Å². The van der Waals surface area contributed by atoms with Gasteiger partial charge in [-0.05, 0) is 72.0 Å². The SMILES string of the molecule is Cl.O=C(CCCC1Cc2[nH]c3c(F)ccc(-c4cccc(F)c4)c3c2CN1)c1ccc(F)cc1. The molecule has 2 N–H and O–H groups in total. The van der Waals surface area contributed by atoms with E-state index in [-0.39, 0.29) is 41.7 Å². The maximum absolute atomic E-state index is 14.6. The summed E-state index contributed by atoms with van der Waals surface area (Å²) in [5.41, 5.74) is 4.45. The standard InChI is InChI=1S/C27H23F3N2O.ClH/c28-18-9-7-16(8-10-18)25(33)6-2-5-20-14-24-22(15-31-20)26-21(11-12-23(30)27(26)32-24)17-3-1-4-19(29)13-17;/h1,3-4,7-13,20,31-32H,2,5-6,14-15H2;1H. The van der Waals surface area contributed by atoms with E-state index in [0.29, 0.717) is 42.5 Å². The third-order valence-electron chi connectivity index (χ3n) is 6.37. The van der Waals surface area contributed by atoms with Crippen molar-refractivity contribution in [3.05, 3.63) is 94.9 Å². The molecule has 0 amide bonds. The molecule has 1 atom stereocenters. The Hall–Kier alpha value is -3.09. The Morgan fingerprint density at radius 2 is 1.76 bits per heavy atom. The molecule has 3 nitrogen and oxygen atoms in total. The van der Waals surface area contributed by atoms with Crippen LogP contribution in [0, 0.1) is 17.5 Å². The molecule has 2 heterocycles. The predicted octanol–water partition coefficient (Wildman–Crippen LogP) is 6.74. The maximum atomic E-state index is 14.6. The summed E-state index contributed by atoms with van der Waals surface area (Å²) in [6, 6.07) is 15.2. The van der Waals surface area contributed by atoms with Gasteiger partial charge >= 0.3 is 0 Å². The summed E-state index contributed by atoms with van der Waals surface area (Å²) in [6.07, 6.45) is 2.58. The van der Waals surface area contributed by atoms with Crippen molar-refractivity contribution in [3.8, 4) is 11.1 Å². The smallest absolute Gasteiger partial charge is 0.162 e. The molecule has 1 unspecified atom stereocenters. The Balaban J connectivity index is 0.00000274. The number of aromatic nitrogens is 1. The monoisotopic (exact) mass is 484 g/mol. The van der Waals surface area contributed by atoms with Crippen molar-refractivity contribution in [2.24, 2.45) is 0 Å². The molecule has 176 valence electrons. The van der Waals surface area contributed by atoms with Crippen LogP contribution in [0.25, 0.3) is 22.0 Å². The van der Waals surface area contributed by atoms with Crippen molar-refractivity contribution in [1.82, 2.24) is 10.3 Å². The number of Topliss-reactive ketones (excluding diaryl/α,β-unsaturated/α-hetero) is 1. The van der Waals surface area contributed by atoms with Crippen molar-refractivity contribution in [2.75, 3.05) is 0 Å². The number of carbonyl (C=O) groups is 1. The van der Waals surface area contributed by atoms with Crippen molar-refractivity contribution < 1.29 is 18.0 Å². The lowest BCUT2D eigenvalue weighted by atomic mass is 9.93. The van der Waals surface area contributed by atoms with Crippen molar-refractivity contribution in [3.63, 3.8) is 0 Å². The number of fused-ring (bicyclic) bond motifs is 3. The number of hydrogen-bond acceptors (Lipinski definition) is 2. The van der Waals surface area contributed by atoms with Crippen LogP contribution in [0.15, 0.2) is 60.7 Å². The molecule has 1 aromatic heterocycles. The minimum atomic E-state index is -0.357. The molecule has 0 spiro atoms. The third-order valence-corrected chi connectivity index (χ3v) is 6.37. The van der Waals surface area contributed by atoms with Crippen molar-refractivity contribution in [2.45, 2.75) is 38.3 Å². The normalized spacial score (nSPS) is 15.1. The second-order valence-corrected chi connectivity index (χ2v) is 8.54. The fourth-order valence-corrected chi connectivity index (χ4v) is 4.71. The van der Waals surface area contributed by atoms with Gasteiger partial charge in [-0.3, -0.25) is 4.79 Å². The molecule has 0 saturated heterocycles. The van der Waals surface area contributed by atoms with E-state index in [1.165, 1.54) is 42.5 Å². The molecular weight excluding hydrogens is 461 g/mol. The van der Waals surface area contributed by atoms with E-state index in [9.17, 15) is 18.0 Å². The van der Waals surface area contributed by atoms with Gasteiger partial charge in [0.1, 0.15) is 17.5 Å². The molecule has 0 saturated carbocycles. The topological polar surface area (TPSA) is 44.9 Å². The van der Waals surface area contributed by atoms with Gasteiger partial charge in [-0.2, -0.15) is 0 Å². The highest BCUT2D eigenvalue weighted by molar-refractivity contribution is 5.99. The third kappa shape index (κ3) is 4.74. The Morgan fingerprint density at radius 1 is 0.971 bits per heavy atom. The van der Waals surface area contributed by atoms with E-state index in [1.54, 1.807) is 12.1 Å². The average Bonchev–Trinajstić information content (AvgIpc) is 3.19. The number of benzene rings is 3. The maximum Gasteiger partial charge on any atom is 0.162 e. The zero-order chi connectivity index (χ0) is 22.9. The van der Waals surface area contributed by atoms with Crippen LogP contribution < -0.4 is 5.32 Å². The average molecular weight is 485 g/mol. The number of rotatable bonds is 6. The minimum Gasteiger partial charge on any atom is -0.356 e. The first-order valence-corrected chi connectivity index (χ1v) is 11.1. The van der Waals surface area contributed by atoms with Gasteiger partial charge in [0.15, 0.2) is 5.78 Å². The fraction of sp³-hybridized carbons (Fsp3) is 0.222. The molecule has 0 bridgehead atoms. The van der Waals surface area contributed by atoms with E-state index < -0.39 is 0 Å². The van der Waals surface area contributed by atoms with Crippen molar-refractivity contribution in [1.29, 1.82) is 0 Å². The molecule has 4 aromatic rings. The Labute approximate surface area is 201 Å². The van der Waals surface area contributed by atoms with Crippen molar-refractivity contribution >= 4 is 29.1 Å². The van der Waals surface area contributed by atoms with Crippen LogP contribution in [-0.4, -0.2) is 16.8 Å². The molecule has 7 heteroatoms. The number of ketones is 1. The minimum absolute atomic E-state index is 0. The highest BCUT2D eigenvalue weighted by Gasteiger charge is 2.25. The van der Waals surface area contributed by atoms with Gasteiger partial charge in [-0.25, -0.2) is 13.2 Å². The quantitative estimate of drug-likeness (QED) is 0.298. The van der Waals surface area contributed by atoms with Crippen LogP contribution in [0.4, 0.5) is 13.2 Å². The van der Waals surface area contributed by atoms with Gasteiger partial charge in [0, 0.05) is 42.1 Å². The lowest BCUT2D eigenvalue weighted by molar-refractivity contribution is 0.0978. The predicted molar refractivity (Wildman–Crippen MR) is 130 cm³/mol. The van der Waals surface area contributed by atoms with Crippen LogP contribution in [0.2, 0.25) is 0 Å². The van der Waals surface area contributed by atoms with Gasteiger partial charge in [-0.1, -0.05) is 18.2 Å². The molecular formula is C27H24ClF3N2O. The number of carbonyl (C=O) groups excluding carboxylic acids is 1. The number of aromatic amines is 1. The largest absolute Gasteiger partial charge is 0.356 e. The second kappa shape index (κ2) is 10.0. The second-order valence-electron chi connectivity index (χ2n) is 8.54. The number of H-pyrrole nitrogens is 1. The molecule has 0 fully saturated rings.